The molecule has 104 valence electrons. The van der Waals surface area contributed by atoms with Crippen LogP contribution in [0.4, 0.5) is 0 Å². The average Bonchev–Trinajstić information content (AvgIpc) is 2.58. The summed E-state index contributed by atoms with van der Waals surface area (Å²) in [4.78, 5) is 22.6. The highest BCUT2D eigenvalue weighted by atomic mass is 16.4. The van der Waals surface area contributed by atoms with E-state index in [1.165, 1.54) is 25.7 Å². The molecule has 1 aliphatic rings. The first-order chi connectivity index (χ1) is 8.63. The van der Waals surface area contributed by atoms with Gasteiger partial charge in [0.25, 0.3) is 0 Å². The Bertz CT molecular complexity index is 270. The number of carboxylic acids is 1. The summed E-state index contributed by atoms with van der Waals surface area (Å²) in [6.45, 7) is 1.85. The molecule has 0 radical (unpaired) electrons. The van der Waals surface area contributed by atoms with Crippen LogP contribution in [-0.2, 0) is 9.59 Å². The van der Waals surface area contributed by atoms with Gasteiger partial charge < -0.3 is 10.4 Å². The zero-order valence-electron chi connectivity index (χ0n) is 11.3. The average molecular weight is 255 g/mol. The molecule has 1 saturated carbocycles. The second kappa shape index (κ2) is 8.11. The topological polar surface area (TPSA) is 66.4 Å². The third-order valence-corrected chi connectivity index (χ3v) is 3.78. The molecule has 0 spiro atoms. The lowest BCUT2D eigenvalue weighted by Crippen LogP contribution is -2.34. The quantitative estimate of drug-likeness (QED) is 0.717. The molecule has 0 bridgehead atoms. The van der Waals surface area contributed by atoms with Gasteiger partial charge in [-0.15, -0.1) is 0 Å². The number of amides is 1. The number of carbonyl (C=O) groups excluding carboxylic acids is 1. The molecule has 1 unspecified atom stereocenters. The van der Waals surface area contributed by atoms with Crippen molar-refractivity contribution in [3.63, 3.8) is 0 Å². The van der Waals surface area contributed by atoms with E-state index in [2.05, 4.69) is 5.32 Å². The Morgan fingerprint density at radius 1 is 1.22 bits per heavy atom. The normalized spacial score (nSPS) is 18.9. The van der Waals surface area contributed by atoms with Gasteiger partial charge in [0.05, 0.1) is 5.92 Å². The van der Waals surface area contributed by atoms with Crippen LogP contribution in [0.2, 0.25) is 0 Å². The Balaban J connectivity index is 2.25. The first kappa shape index (κ1) is 15.0. The van der Waals surface area contributed by atoms with Crippen LogP contribution in [0.1, 0.15) is 64.7 Å². The highest BCUT2D eigenvalue weighted by Crippen LogP contribution is 2.18. The molecule has 2 N–H and O–H groups in total. The summed E-state index contributed by atoms with van der Waals surface area (Å²) in [6.07, 6.45) is 8.43. The fraction of sp³-hybridized carbons (Fsp3) is 0.857. The number of aliphatic carboxylic acids is 1. The van der Waals surface area contributed by atoms with E-state index in [0.29, 0.717) is 25.3 Å². The van der Waals surface area contributed by atoms with Crippen molar-refractivity contribution in [3.05, 3.63) is 0 Å². The summed E-state index contributed by atoms with van der Waals surface area (Å²) in [7, 11) is 0. The molecule has 1 rings (SSSR count). The molecule has 0 aromatic rings. The zero-order valence-corrected chi connectivity index (χ0v) is 11.3. The molecular formula is C14H25NO3. The standard InChI is InChI=1S/C14H25NO3/c1-2-11(14(17)18)9-10-13(16)15-12-7-5-3-4-6-8-12/h11-12H,2-10H2,1H3,(H,15,16)(H,17,18). The Kier molecular flexibility index (Phi) is 6.76. The predicted octanol–water partition coefficient (Wildman–Crippen LogP) is 2.72. The van der Waals surface area contributed by atoms with Crippen LogP contribution in [0.3, 0.4) is 0 Å². The van der Waals surface area contributed by atoms with Crippen molar-refractivity contribution in [1.82, 2.24) is 5.32 Å². The molecule has 1 aliphatic carbocycles. The van der Waals surface area contributed by atoms with Crippen molar-refractivity contribution in [2.75, 3.05) is 0 Å². The number of carbonyl (C=O) groups is 2. The van der Waals surface area contributed by atoms with E-state index in [1.54, 1.807) is 0 Å². The summed E-state index contributed by atoms with van der Waals surface area (Å²) in [5.41, 5.74) is 0. The second-order valence-corrected chi connectivity index (χ2v) is 5.24. The van der Waals surface area contributed by atoms with Gasteiger partial charge in [0.1, 0.15) is 0 Å². The number of hydrogen-bond donors (Lipinski definition) is 2. The van der Waals surface area contributed by atoms with E-state index in [-0.39, 0.29) is 11.8 Å². The van der Waals surface area contributed by atoms with Crippen molar-refractivity contribution < 1.29 is 14.7 Å². The monoisotopic (exact) mass is 255 g/mol. The van der Waals surface area contributed by atoms with Gasteiger partial charge in [0.2, 0.25) is 5.91 Å². The van der Waals surface area contributed by atoms with Crippen LogP contribution < -0.4 is 5.32 Å². The number of rotatable bonds is 6. The third kappa shape index (κ3) is 5.52. The highest BCUT2D eigenvalue weighted by Gasteiger charge is 2.18. The molecule has 4 nitrogen and oxygen atoms in total. The minimum atomic E-state index is -0.792. The van der Waals surface area contributed by atoms with Crippen molar-refractivity contribution in [2.24, 2.45) is 5.92 Å². The lowest BCUT2D eigenvalue weighted by atomic mass is 10.00. The molecule has 0 heterocycles. The summed E-state index contributed by atoms with van der Waals surface area (Å²) in [6, 6.07) is 0.310. The lowest BCUT2D eigenvalue weighted by molar-refractivity contribution is -0.142. The fourth-order valence-corrected chi connectivity index (χ4v) is 2.53. The second-order valence-electron chi connectivity index (χ2n) is 5.24. The molecule has 18 heavy (non-hydrogen) atoms. The molecule has 1 fully saturated rings. The fourth-order valence-electron chi connectivity index (χ4n) is 2.53. The van der Waals surface area contributed by atoms with E-state index in [1.807, 2.05) is 6.92 Å². The molecule has 1 atom stereocenters. The molecule has 0 saturated heterocycles. The summed E-state index contributed by atoms with van der Waals surface area (Å²) >= 11 is 0. The van der Waals surface area contributed by atoms with Crippen molar-refractivity contribution in [1.29, 1.82) is 0 Å². The van der Waals surface area contributed by atoms with Crippen LogP contribution in [0.15, 0.2) is 0 Å². The van der Waals surface area contributed by atoms with Gasteiger partial charge in [-0.1, -0.05) is 32.6 Å². The SMILES string of the molecule is CCC(CCC(=O)NC1CCCCCC1)C(=O)O. The number of hydrogen-bond acceptors (Lipinski definition) is 2. The molecule has 0 aliphatic heterocycles. The van der Waals surface area contributed by atoms with Crippen molar-refractivity contribution in [3.8, 4) is 0 Å². The predicted molar refractivity (Wildman–Crippen MR) is 70.3 cm³/mol. The maximum atomic E-state index is 11.8. The van der Waals surface area contributed by atoms with Crippen LogP contribution in [0.25, 0.3) is 0 Å². The summed E-state index contributed by atoms with van der Waals surface area (Å²) in [5.74, 6) is -1.16. The lowest BCUT2D eigenvalue weighted by Gasteiger charge is -2.17. The number of carboxylic acid groups (broad SMARTS) is 1. The summed E-state index contributed by atoms with van der Waals surface area (Å²) in [5, 5.41) is 12.0. The zero-order chi connectivity index (χ0) is 13.4. The smallest absolute Gasteiger partial charge is 0.306 e. The highest BCUT2D eigenvalue weighted by molar-refractivity contribution is 5.77. The van der Waals surface area contributed by atoms with Crippen LogP contribution in [0, 0.1) is 5.92 Å². The Hall–Kier alpha value is -1.06. The van der Waals surface area contributed by atoms with E-state index < -0.39 is 5.97 Å². The molecule has 0 aromatic carbocycles. The van der Waals surface area contributed by atoms with Gasteiger partial charge in [0.15, 0.2) is 0 Å². The van der Waals surface area contributed by atoms with Gasteiger partial charge >= 0.3 is 5.97 Å². The molecule has 0 aromatic heterocycles. The van der Waals surface area contributed by atoms with E-state index in [9.17, 15) is 9.59 Å². The van der Waals surface area contributed by atoms with Crippen LogP contribution in [-0.4, -0.2) is 23.0 Å². The van der Waals surface area contributed by atoms with E-state index >= 15 is 0 Å². The summed E-state index contributed by atoms with van der Waals surface area (Å²) < 4.78 is 0. The van der Waals surface area contributed by atoms with Gasteiger partial charge in [0, 0.05) is 12.5 Å². The third-order valence-electron chi connectivity index (χ3n) is 3.78. The first-order valence-corrected chi connectivity index (χ1v) is 7.15. The first-order valence-electron chi connectivity index (χ1n) is 7.15. The van der Waals surface area contributed by atoms with Crippen LogP contribution in [0.5, 0.6) is 0 Å². The minimum Gasteiger partial charge on any atom is -0.481 e. The Morgan fingerprint density at radius 2 is 1.83 bits per heavy atom. The molecule has 4 heteroatoms. The maximum Gasteiger partial charge on any atom is 0.306 e. The van der Waals surface area contributed by atoms with E-state index in [0.717, 1.165) is 12.8 Å². The molecule has 1 amide bonds. The number of nitrogens with one attached hydrogen (secondary N) is 1. The minimum absolute atomic E-state index is 0.0154. The van der Waals surface area contributed by atoms with Crippen molar-refractivity contribution >= 4 is 11.9 Å². The van der Waals surface area contributed by atoms with Crippen LogP contribution >= 0.6 is 0 Å². The molecular weight excluding hydrogens is 230 g/mol. The Morgan fingerprint density at radius 3 is 2.33 bits per heavy atom. The van der Waals surface area contributed by atoms with Crippen molar-refractivity contribution in [2.45, 2.75) is 70.8 Å². The van der Waals surface area contributed by atoms with E-state index in [4.69, 9.17) is 5.11 Å². The van der Waals surface area contributed by atoms with Gasteiger partial charge in [-0.3, -0.25) is 9.59 Å². The van der Waals surface area contributed by atoms with Gasteiger partial charge in [-0.2, -0.15) is 0 Å². The largest absolute Gasteiger partial charge is 0.481 e. The maximum absolute atomic E-state index is 11.8. The van der Waals surface area contributed by atoms with Gasteiger partial charge in [-0.25, -0.2) is 0 Å². The Labute approximate surface area is 109 Å². The van der Waals surface area contributed by atoms with Gasteiger partial charge in [-0.05, 0) is 25.7 Å².